The highest BCUT2D eigenvalue weighted by atomic mass is 16.5. The second-order valence-corrected chi connectivity index (χ2v) is 7.88. The SMILES string of the molecule is COC(=O)CN1CCOCCN(CC(=O)O)CCN(CC(=O)O)CCOCCN(CC=O)CC1. The third-order valence-electron chi connectivity index (χ3n) is 5.30. The quantitative estimate of drug-likeness (QED) is 0.280. The summed E-state index contributed by atoms with van der Waals surface area (Å²) in [7, 11) is 1.33. The molecule has 0 atom stereocenters. The molecule has 196 valence electrons. The first-order valence-corrected chi connectivity index (χ1v) is 11.3. The van der Waals surface area contributed by atoms with Crippen molar-refractivity contribution in [3.8, 4) is 0 Å². The van der Waals surface area contributed by atoms with Crippen LogP contribution in [0.1, 0.15) is 0 Å². The van der Waals surface area contributed by atoms with Gasteiger partial charge in [0.1, 0.15) is 6.29 Å². The first-order chi connectivity index (χ1) is 16.3. The Morgan fingerprint density at radius 1 is 0.706 bits per heavy atom. The number of hydrogen-bond acceptors (Lipinski definition) is 11. The van der Waals surface area contributed by atoms with Gasteiger partial charge in [0.05, 0.1) is 59.7 Å². The van der Waals surface area contributed by atoms with Crippen LogP contribution < -0.4 is 0 Å². The van der Waals surface area contributed by atoms with E-state index in [9.17, 15) is 29.4 Å². The normalized spacial score (nSPS) is 20.1. The Hall–Kier alpha value is -2.16. The van der Waals surface area contributed by atoms with Crippen molar-refractivity contribution in [1.29, 1.82) is 0 Å². The van der Waals surface area contributed by atoms with E-state index in [1.165, 1.54) is 7.11 Å². The molecule has 1 aliphatic heterocycles. The highest BCUT2D eigenvalue weighted by molar-refractivity contribution is 5.71. The molecule has 1 heterocycles. The zero-order valence-electron chi connectivity index (χ0n) is 19.9. The molecule has 0 radical (unpaired) electrons. The maximum absolute atomic E-state index is 11.8. The van der Waals surface area contributed by atoms with Crippen LogP contribution in [0.15, 0.2) is 0 Å². The molecule has 0 aromatic heterocycles. The van der Waals surface area contributed by atoms with Crippen LogP contribution in [0.5, 0.6) is 0 Å². The molecule has 13 heteroatoms. The lowest BCUT2D eigenvalue weighted by Gasteiger charge is -2.28. The number of carbonyl (C=O) groups excluding carboxylic acids is 2. The third kappa shape index (κ3) is 14.9. The number of ether oxygens (including phenoxy) is 3. The zero-order chi connectivity index (χ0) is 25.2. The smallest absolute Gasteiger partial charge is 0.319 e. The molecule has 0 aliphatic carbocycles. The van der Waals surface area contributed by atoms with E-state index in [0.717, 1.165) is 6.29 Å². The van der Waals surface area contributed by atoms with Gasteiger partial charge in [-0.25, -0.2) is 0 Å². The summed E-state index contributed by atoms with van der Waals surface area (Å²) in [6.45, 7) is 4.77. The van der Waals surface area contributed by atoms with Crippen LogP contribution in [0.3, 0.4) is 0 Å². The fourth-order valence-corrected chi connectivity index (χ4v) is 3.38. The van der Waals surface area contributed by atoms with Gasteiger partial charge in [-0.1, -0.05) is 0 Å². The predicted molar refractivity (Wildman–Crippen MR) is 121 cm³/mol. The third-order valence-corrected chi connectivity index (χ3v) is 5.30. The molecule has 0 amide bonds. The van der Waals surface area contributed by atoms with Crippen LogP contribution in [-0.2, 0) is 33.4 Å². The van der Waals surface area contributed by atoms with Crippen LogP contribution in [0.2, 0.25) is 0 Å². The number of nitrogens with zero attached hydrogens (tertiary/aromatic N) is 4. The molecular weight excluding hydrogens is 452 g/mol. The number of aliphatic carboxylic acids is 2. The van der Waals surface area contributed by atoms with Crippen molar-refractivity contribution in [2.75, 3.05) is 112 Å². The largest absolute Gasteiger partial charge is 0.480 e. The second-order valence-electron chi connectivity index (χ2n) is 7.88. The summed E-state index contributed by atoms with van der Waals surface area (Å²) in [6, 6.07) is 0. The predicted octanol–water partition coefficient (Wildman–Crippen LogP) is -2.22. The van der Waals surface area contributed by atoms with Gasteiger partial charge in [-0.15, -0.1) is 0 Å². The molecule has 1 aliphatic rings. The number of rotatable bonds is 8. The maximum atomic E-state index is 11.8. The van der Waals surface area contributed by atoms with Gasteiger partial charge < -0.3 is 29.2 Å². The summed E-state index contributed by atoms with van der Waals surface area (Å²) in [6.07, 6.45) is 0.817. The summed E-state index contributed by atoms with van der Waals surface area (Å²) >= 11 is 0. The van der Waals surface area contributed by atoms with Crippen LogP contribution >= 0.6 is 0 Å². The lowest BCUT2D eigenvalue weighted by molar-refractivity contribution is -0.142. The molecule has 2 N–H and O–H groups in total. The second kappa shape index (κ2) is 18.2. The summed E-state index contributed by atoms with van der Waals surface area (Å²) in [5.74, 6) is -2.31. The first-order valence-electron chi connectivity index (χ1n) is 11.3. The van der Waals surface area contributed by atoms with Crippen molar-refractivity contribution in [1.82, 2.24) is 19.6 Å². The van der Waals surface area contributed by atoms with Gasteiger partial charge in [0.15, 0.2) is 0 Å². The lowest BCUT2D eigenvalue weighted by atomic mass is 10.3. The summed E-state index contributed by atoms with van der Waals surface area (Å²) in [4.78, 5) is 52.4. The fraction of sp³-hybridized carbons (Fsp3) is 0.810. The van der Waals surface area contributed by atoms with Gasteiger partial charge in [0.25, 0.3) is 0 Å². The van der Waals surface area contributed by atoms with Crippen LogP contribution in [0.4, 0.5) is 0 Å². The average molecular weight is 491 g/mol. The first kappa shape index (κ1) is 29.9. The van der Waals surface area contributed by atoms with Gasteiger partial charge in [0.2, 0.25) is 0 Å². The molecule has 34 heavy (non-hydrogen) atoms. The molecule has 0 unspecified atom stereocenters. The molecule has 1 fully saturated rings. The minimum atomic E-state index is -0.973. The van der Waals surface area contributed by atoms with Gasteiger partial charge in [-0.05, 0) is 0 Å². The number of aldehydes is 1. The molecule has 1 rings (SSSR count). The van der Waals surface area contributed by atoms with Crippen molar-refractivity contribution in [2.24, 2.45) is 0 Å². The van der Waals surface area contributed by atoms with Crippen molar-refractivity contribution in [2.45, 2.75) is 0 Å². The van der Waals surface area contributed by atoms with Crippen LogP contribution in [-0.4, -0.2) is 166 Å². The van der Waals surface area contributed by atoms with E-state index < -0.39 is 11.9 Å². The molecule has 1 saturated heterocycles. The Kier molecular flexibility index (Phi) is 16.0. The number of carboxylic acid groups (broad SMARTS) is 2. The van der Waals surface area contributed by atoms with Crippen LogP contribution in [0.25, 0.3) is 0 Å². The van der Waals surface area contributed by atoms with E-state index in [1.54, 1.807) is 9.80 Å². The Morgan fingerprint density at radius 3 is 1.47 bits per heavy atom. The highest BCUT2D eigenvalue weighted by Crippen LogP contribution is 1.98. The summed E-state index contributed by atoms with van der Waals surface area (Å²) in [5, 5.41) is 18.4. The van der Waals surface area contributed by atoms with Gasteiger partial charge in [-0.2, -0.15) is 0 Å². The Bertz CT molecular complexity index is 623. The van der Waals surface area contributed by atoms with E-state index in [-0.39, 0.29) is 32.1 Å². The Labute approximate surface area is 200 Å². The maximum Gasteiger partial charge on any atom is 0.319 e. The molecule has 0 saturated carbocycles. The van der Waals surface area contributed by atoms with E-state index in [4.69, 9.17) is 14.2 Å². The van der Waals surface area contributed by atoms with Crippen molar-refractivity contribution in [3.63, 3.8) is 0 Å². The number of carbonyl (C=O) groups is 4. The lowest BCUT2D eigenvalue weighted by Crippen LogP contribution is -2.43. The summed E-state index contributed by atoms with van der Waals surface area (Å²) in [5.41, 5.74) is 0. The van der Waals surface area contributed by atoms with E-state index >= 15 is 0 Å². The van der Waals surface area contributed by atoms with Crippen molar-refractivity contribution in [3.05, 3.63) is 0 Å². The average Bonchev–Trinajstić information content (AvgIpc) is 2.78. The highest BCUT2D eigenvalue weighted by Gasteiger charge is 2.16. The fourth-order valence-electron chi connectivity index (χ4n) is 3.38. The van der Waals surface area contributed by atoms with Gasteiger partial charge in [-0.3, -0.25) is 34.0 Å². The van der Waals surface area contributed by atoms with E-state index in [2.05, 4.69) is 0 Å². The number of carboxylic acids is 2. The number of esters is 1. The molecular formula is C21H38N4O9. The number of hydrogen-bond donors (Lipinski definition) is 2. The monoisotopic (exact) mass is 490 g/mol. The van der Waals surface area contributed by atoms with Gasteiger partial charge in [0, 0.05) is 52.4 Å². The number of methoxy groups -OCH3 is 1. The van der Waals surface area contributed by atoms with E-state index in [0.29, 0.717) is 78.8 Å². The van der Waals surface area contributed by atoms with E-state index in [1.807, 2.05) is 9.80 Å². The van der Waals surface area contributed by atoms with Gasteiger partial charge >= 0.3 is 17.9 Å². The molecule has 13 nitrogen and oxygen atoms in total. The minimum absolute atomic E-state index is 0.0931. The zero-order valence-corrected chi connectivity index (χ0v) is 19.9. The molecule has 0 aromatic carbocycles. The van der Waals surface area contributed by atoms with Crippen LogP contribution in [0, 0.1) is 0 Å². The Morgan fingerprint density at radius 2 is 1.09 bits per heavy atom. The topological polar surface area (TPSA) is 149 Å². The summed E-state index contributed by atoms with van der Waals surface area (Å²) < 4.78 is 16.1. The standard InChI is InChI=1S/C21H38N4O9/c1-32-21(31)18-25-3-2-22(6-11-26)7-12-33-13-8-23(16-19(27)28)4-5-24(17-20(29)30)9-14-34-15-10-25/h11H,2-10,12-18H2,1H3,(H,27,28)(H,29,30). The molecule has 0 bridgehead atoms. The van der Waals surface area contributed by atoms with Crippen molar-refractivity contribution >= 4 is 24.2 Å². The Balaban J connectivity index is 2.80. The van der Waals surface area contributed by atoms with Crippen molar-refractivity contribution < 1.29 is 43.6 Å². The molecule has 0 spiro atoms. The molecule has 0 aromatic rings. The minimum Gasteiger partial charge on any atom is -0.480 e.